The number of hydrogen-bond acceptors (Lipinski definition) is 2. The largest absolute Gasteiger partial charge is 0.495 e. The Bertz CT molecular complexity index is 452. The first-order valence-electron chi connectivity index (χ1n) is 4.71. The number of alkyl halides is 7. The fourth-order valence-electron chi connectivity index (χ4n) is 1.44. The van der Waals surface area contributed by atoms with Crippen LogP contribution in [-0.4, -0.2) is 19.5 Å². The highest BCUT2D eigenvalue weighted by atomic mass is 19.4. The van der Waals surface area contributed by atoms with E-state index in [9.17, 15) is 30.7 Å². The molecule has 0 aliphatic carbocycles. The van der Waals surface area contributed by atoms with Gasteiger partial charge < -0.3 is 10.5 Å². The molecule has 0 aliphatic rings. The van der Waals surface area contributed by atoms with Gasteiger partial charge in [-0.3, -0.25) is 0 Å². The standard InChI is InChI=1S/C10H8F7NO/c1-19-7-3-2-5(4-6(7)18)8(11,9(12,13)14)10(15,16)17/h2-4H,18H2,1H3. The van der Waals surface area contributed by atoms with Crippen LogP contribution in [0.15, 0.2) is 18.2 Å². The van der Waals surface area contributed by atoms with Crippen LogP contribution in [0.3, 0.4) is 0 Å². The van der Waals surface area contributed by atoms with E-state index >= 15 is 0 Å². The van der Waals surface area contributed by atoms with Crippen molar-refractivity contribution < 1.29 is 35.5 Å². The lowest BCUT2D eigenvalue weighted by molar-refractivity contribution is -0.348. The van der Waals surface area contributed by atoms with Gasteiger partial charge in [-0.1, -0.05) is 6.07 Å². The van der Waals surface area contributed by atoms with Gasteiger partial charge in [0.1, 0.15) is 5.75 Å². The zero-order chi connectivity index (χ0) is 15.1. The summed E-state index contributed by atoms with van der Waals surface area (Å²) in [6.45, 7) is 0. The SMILES string of the molecule is COc1ccc(C(F)(C(F)(F)F)C(F)(F)F)cc1N. The number of rotatable bonds is 2. The molecule has 9 heteroatoms. The summed E-state index contributed by atoms with van der Waals surface area (Å²) in [6, 6.07) is 1.31. The van der Waals surface area contributed by atoms with Gasteiger partial charge in [-0.25, -0.2) is 4.39 Å². The van der Waals surface area contributed by atoms with E-state index in [1.807, 2.05) is 0 Å². The normalized spacial score (nSPS) is 13.5. The van der Waals surface area contributed by atoms with E-state index in [2.05, 4.69) is 4.74 Å². The topological polar surface area (TPSA) is 35.2 Å². The van der Waals surface area contributed by atoms with Crippen LogP contribution in [0.2, 0.25) is 0 Å². The first-order valence-corrected chi connectivity index (χ1v) is 4.71. The van der Waals surface area contributed by atoms with Crippen molar-refractivity contribution in [3.05, 3.63) is 23.8 Å². The van der Waals surface area contributed by atoms with Gasteiger partial charge in [0, 0.05) is 5.56 Å². The second-order valence-electron chi connectivity index (χ2n) is 3.61. The van der Waals surface area contributed by atoms with Gasteiger partial charge in [-0.15, -0.1) is 0 Å². The molecule has 0 atom stereocenters. The first-order chi connectivity index (χ1) is 8.45. The smallest absolute Gasteiger partial charge is 0.435 e. The molecule has 0 aliphatic heterocycles. The van der Waals surface area contributed by atoms with Crippen molar-refractivity contribution in [3.63, 3.8) is 0 Å². The minimum Gasteiger partial charge on any atom is -0.495 e. The van der Waals surface area contributed by atoms with Crippen molar-refractivity contribution in [1.82, 2.24) is 0 Å². The lowest BCUT2D eigenvalue weighted by Crippen LogP contribution is -2.50. The van der Waals surface area contributed by atoms with Crippen LogP contribution in [0, 0.1) is 0 Å². The number of ether oxygens (including phenoxy) is 1. The van der Waals surface area contributed by atoms with Crippen molar-refractivity contribution in [2.45, 2.75) is 18.0 Å². The molecule has 0 fully saturated rings. The molecule has 0 saturated carbocycles. The van der Waals surface area contributed by atoms with Gasteiger partial charge in [0.05, 0.1) is 12.8 Å². The van der Waals surface area contributed by atoms with E-state index in [4.69, 9.17) is 5.73 Å². The van der Waals surface area contributed by atoms with Crippen LogP contribution < -0.4 is 10.5 Å². The Balaban J connectivity index is 3.48. The number of benzene rings is 1. The van der Waals surface area contributed by atoms with E-state index in [1.54, 1.807) is 0 Å². The average Bonchev–Trinajstić information content (AvgIpc) is 2.24. The number of hydrogen-bond donors (Lipinski definition) is 1. The van der Waals surface area contributed by atoms with Gasteiger partial charge in [0.25, 0.3) is 0 Å². The predicted octanol–water partition coefficient (Wildman–Crippen LogP) is 3.57. The van der Waals surface area contributed by atoms with Gasteiger partial charge >= 0.3 is 18.0 Å². The van der Waals surface area contributed by atoms with E-state index in [0.717, 1.165) is 13.2 Å². The Labute approximate surface area is 103 Å². The molecule has 1 rings (SSSR count). The average molecular weight is 291 g/mol. The molecule has 2 N–H and O–H groups in total. The molecule has 19 heavy (non-hydrogen) atoms. The molecular weight excluding hydrogens is 283 g/mol. The summed E-state index contributed by atoms with van der Waals surface area (Å²) in [4.78, 5) is 0. The second-order valence-corrected chi connectivity index (χ2v) is 3.61. The van der Waals surface area contributed by atoms with Crippen LogP contribution >= 0.6 is 0 Å². The maximum atomic E-state index is 13.6. The van der Waals surface area contributed by atoms with E-state index in [0.29, 0.717) is 6.07 Å². The van der Waals surface area contributed by atoms with Crippen molar-refractivity contribution in [1.29, 1.82) is 0 Å². The molecule has 2 nitrogen and oxygen atoms in total. The molecule has 0 spiro atoms. The quantitative estimate of drug-likeness (QED) is 0.668. The van der Waals surface area contributed by atoms with Crippen molar-refractivity contribution in [2.75, 3.05) is 12.8 Å². The van der Waals surface area contributed by atoms with Crippen LogP contribution in [0.4, 0.5) is 36.4 Å². The van der Waals surface area contributed by atoms with E-state index < -0.39 is 29.3 Å². The molecule has 0 saturated heterocycles. The molecular formula is C10H8F7NO. The van der Waals surface area contributed by atoms with E-state index in [-0.39, 0.29) is 11.8 Å². The number of methoxy groups -OCH3 is 1. The third-order valence-electron chi connectivity index (χ3n) is 2.41. The number of nitrogens with two attached hydrogens (primary N) is 1. The summed E-state index contributed by atoms with van der Waals surface area (Å²) < 4.78 is 92.8. The van der Waals surface area contributed by atoms with Crippen LogP contribution in [0.25, 0.3) is 0 Å². The Kier molecular flexibility index (Phi) is 3.61. The maximum Gasteiger partial charge on any atom is 0.435 e. The summed E-state index contributed by atoms with van der Waals surface area (Å²) >= 11 is 0. The second kappa shape index (κ2) is 4.46. The Hall–Kier alpha value is -1.67. The van der Waals surface area contributed by atoms with Crippen LogP contribution in [0.5, 0.6) is 5.75 Å². The molecule has 0 radical (unpaired) electrons. The zero-order valence-corrected chi connectivity index (χ0v) is 9.36. The summed E-state index contributed by atoms with van der Waals surface area (Å²) in [5.41, 5.74) is -2.48. The van der Waals surface area contributed by atoms with Crippen molar-refractivity contribution >= 4 is 5.69 Å². The summed E-state index contributed by atoms with van der Waals surface area (Å²) in [6.07, 6.45) is -12.3. The summed E-state index contributed by atoms with van der Waals surface area (Å²) in [5, 5.41) is 0. The minimum absolute atomic E-state index is 0.157. The highest BCUT2D eigenvalue weighted by Gasteiger charge is 2.73. The van der Waals surface area contributed by atoms with Crippen molar-refractivity contribution in [2.24, 2.45) is 0 Å². The molecule has 0 aromatic heterocycles. The Morgan fingerprint density at radius 1 is 0.947 bits per heavy atom. The molecule has 0 amide bonds. The molecule has 0 unspecified atom stereocenters. The number of anilines is 1. The highest BCUT2D eigenvalue weighted by Crippen LogP contribution is 2.53. The minimum atomic E-state index is -6.16. The zero-order valence-electron chi connectivity index (χ0n) is 9.36. The maximum absolute atomic E-state index is 13.6. The Morgan fingerprint density at radius 3 is 1.74 bits per heavy atom. The predicted molar refractivity (Wildman–Crippen MR) is 52.3 cm³/mol. The molecule has 0 bridgehead atoms. The fraction of sp³-hybridized carbons (Fsp3) is 0.400. The summed E-state index contributed by atoms with van der Waals surface area (Å²) in [5.74, 6) is -0.157. The van der Waals surface area contributed by atoms with Gasteiger partial charge in [0.15, 0.2) is 0 Å². The third-order valence-corrected chi connectivity index (χ3v) is 2.41. The summed E-state index contributed by atoms with van der Waals surface area (Å²) in [7, 11) is 1.11. The van der Waals surface area contributed by atoms with Crippen LogP contribution in [-0.2, 0) is 5.67 Å². The monoisotopic (exact) mass is 291 g/mol. The van der Waals surface area contributed by atoms with Gasteiger partial charge in [0.2, 0.25) is 0 Å². The number of halogens is 7. The first kappa shape index (κ1) is 15.4. The Morgan fingerprint density at radius 2 is 1.42 bits per heavy atom. The van der Waals surface area contributed by atoms with Gasteiger partial charge in [-0.05, 0) is 12.1 Å². The molecule has 1 aromatic rings. The van der Waals surface area contributed by atoms with Crippen molar-refractivity contribution in [3.8, 4) is 5.75 Å². The third kappa shape index (κ3) is 2.41. The number of nitrogen functional groups attached to an aromatic ring is 1. The fourth-order valence-corrected chi connectivity index (χ4v) is 1.44. The van der Waals surface area contributed by atoms with Crippen LogP contribution in [0.1, 0.15) is 5.56 Å². The van der Waals surface area contributed by atoms with E-state index in [1.165, 1.54) is 0 Å². The van der Waals surface area contributed by atoms with Gasteiger partial charge in [-0.2, -0.15) is 26.3 Å². The molecule has 108 valence electrons. The lowest BCUT2D eigenvalue weighted by atomic mass is 9.93. The highest BCUT2D eigenvalue weighted by molar-refractivity contribution is 5.55. The molecule has 0 heterocycles. The molecule has 1 aromatic carbocycles. The lowest BCUT2D eigenvalue weighted by Gasteiger charge is -2.30.